The standard InChI is InChI=1S/C19H16ClFN4/c1-19(2)11-25(16-7-8-22-18(20)24-16)15-9-12(10-23-17(15)19)13-5-3-4-6-14(13)21/h3-10H,11H2,1-2H3. The van der Waals surface area contributed by atoms with Crippen LogP contribution >= 0.6 is 11.6 Å². The molecule has 2 aromatic heterocycles. The second kappa shape index (κ2) is 5.77. The zero-order valence-electron chi connectivity index (χ0n) is 13.9. The van der Waals surface area contributed by atoms with Gasteiger partial charge in [-0.05, 0) is 29.8 Å². The highest BCUT2D eigenvalue weighted by atomic mass is 35.5. The summed E-state index contributed by atoms with van der Waals surface area (Å²) in [5.41, 5.74) is 2.99. The van der Waals surface area contributed by atoms with Gasteiger partial charge in [0.1, 0.15) is 11.6 Å². The number of benzene rings is 1. The quantitative estimate of drug-likeness (QED) is 0.622. The average Bonchev–Trinajstić information content (AvgIpc) is 2.86. The SMILES string of the molecule is CC1(C)CN(c2ccnc(Cl)n2)c2cc(-c3ccccc3F)cnc21. The molecule has 1 aromatic carbocycles. The molecule has 0 unspecified atom stereocenters. The van der Waals surface area contributed by atoms with E-state index in [1.807, 2.05) is 18.2 Å². The van der Waals surface area contributed by atoms with Crippen molar-refractivity contribution >= 4 is 23.1 Å². The normalized spacial score (nSPS) is 15.3. The van der Waals surface area contributed by atoms with Crippen molar-refractivity contribution in [2.24, 2.45) is 0 Å². The molecular formula is C19H16ClFN4. The van der Waals surface area contributed by atoms with Crippen molar-refractivity contribution in [3.63, 3.8) is 0 Å². The van der Waals surface area contributed by atoms with E-state index < -0.39 is 0 Å². The van der Waals surface area contributed by atoms with E-state index in [9.17, 15) is 4.39 Å². The molecule has 0 radical (unpaired) electrons. The van der Waals surface area contributed by atoms with Crippen LogP contribution in [-0.4, -0.2) is 21.5 Å². The number of pyridine rings is 1. The Balaban J connectivity index is 1.87. The predicted molar refractivity (Wildman–Crippen MR) is 96.7 cm³/mol. The monoisotopic (exact) mass is 354 g/mol. The Hall–Kier alpha value is -2.53. The van der Waals surface area contributed by atoms with Gasteiger partial charge in [0.25, 0.3) is 0 Å². The summed E-state index contributed by atoms with van der Waals surface area (Å²) >= 11 is 5.96. The third-order valence-electron chi connectivity index (χ3n) is 4.43. The zero-order chi connectivity index (χ0) is 17.6. The van der Waals surface area contributed by atoms with Crippen molar-refractivity contribution in [2.75, 3.05) is 11.4 Å². The van der Waals surface area contributed by atoms with E-state index in [0.29, 0.717) is 17.9 Å². The van der Waals surface area contributed by atoms with E-state index in [1.54, 1.807) is 24.5 Å². The minimum absolute atomic E-state index is 0.152. The summed E-state index contributed by atoms with van der Waals surface area (Å²) in [5.74, 6) is 0.442. The van der Waals surface area contributed by atoms with E-state index in [4.69, 9.17) is 11.6 Å². The molecule has 3 heterocycles. The first-order valence-electron chi connectivity index (χ1n) is 7.97. The summed E-state index contributed by atoms with van der Waals surface area (Å²) in [6.07, 6.45) is 3.36. The van der Waals surface area contributed by atoms with Crippen LogP contribution in [0.15, 0.2) is 48.8 Å². The summed E-state index contributed by atoms with van der Waals surface area (Å²) in [7, 11) is 0. The molecule has 0 atom stereocenters. The molecule has 0 amide bonds. The van der Waals surface area contributed by atoms with E-state index in [-0.39, 0.29) is 16.5 Å². The molecular weight excluding hydrogens is 339 g/mol. The molecule has 6 heteroatoms. The van der Waals surface area contributed by atoms with Gasteiger partial charge in [-0.15, -0.1) is 0 Å². The van der Waals surface area contributed by atoms with Gasteiger partial charge in [0.05, 0.1) is 11.4 Å². The van der Waals surface area contributed by atoms with Gasteiger partial charge in [0.2, 0.25) is 5.28 Å². The molecule has 0 saturated carbocycles. The number of aromatic nitrogens is 3. The smallest absolute Gasteiger partial charge is 0.224 e. The maximum absolute atomic E-state index is 14.2. The average molecular weight is 355 g/mol. The van der Waals surface area contributed by atoms with Crippen LogP contribution < -0.4 is 4.90 Å². The first-order chi connectivity index (χ1) is 12.0. The molecule has 1 aliphatic rings. The molecule has 3 aromatic rings. The van der Waals surface area contributed by atoms with Crippen LogP contribution in [0.25, 0.3) is 11.1 Å². The largest absolute Gasteiger partial charge is 0.324 e. The fourth-order valence-corrected chi connectivity index (χ4v) is 3.40. The number of nitrogens with zero attached hydrogens (tertiary/aromatic N) is 4. The van der Waals surface area contributed by atoms with Gasteiger partial charge in [-0.3, -0.25) is 4.98 Å². The van der Waals surface area contributed by atoms with Crippen molar-refractivity contribution < 1.29 is 4.39 Å². The van der Waals surface area contributed by atoms with Crippen molar-refractivity contribution in [3.8, 4) is 11.1 Å². The molecule has 0 bridgehead atoms. The lowest BCUT2D eigenvalue weighted by Gasteiger charge is -2.21. The Morgan fingerprint density at radius 3 is 2.72 bits per heavy atom. The Bertz CT molecular complexity index is 958. The zero-order valence-corrected chi connectivity index (χ0v) is 14.6. The highest BCUT2D eigenvalue weighted by Gasteiger charge is 2.38. The highest BCUT2D eigenvalue weighted by molar-refractivity contribution is 6.28. The summed E-state index contributed by atoms with van der Waals surface area (Å²) < 4.78 is 14.2. The third-order valence-corrected chi connectivity index (χ3v) is 4.61. The molecule has 0 fully saturated rings. The van der Waals surface area contributed by atoms with Gasteiger partial charge < -0.3 is 4.90 Å². The minimum Gasteiger partial charge on any atom is -0.324 e. The number of rotatable bonds is 2. The Kier molecular flexibility index (Phi) is 3.69. The summed E-state index contributed by atoms with van der Waals surface area (Å²) in [5, 5.41) is 0.196. The van der Waals surface area contributed by atoms with Crippen LogP contribution in [0.2, 0.25) is 5.28 Å². The maximum atomic E-state index is 14.2. The van der Waals surface area contributed by atoms with Gasteiger partial charge in [0, 0.05) is 35.5 Å². The molecule has 4 nitrogen and oxygen atoms in total. The van der Waals surface area contributed by atoms with E-state index in [1.165, 1.54) is 6.07 Å². The number of halogens is 2. The lowest BCUT2D eigenvalue weighted by molar-refractivity contribution is 0.552. The van der Waals surface area contributed by atoms with Crippen LogP contribution in [0.3, 0.4) is 0 Å². The van der Waals surface area contributed by atoms with Gasteiger partial charge in [0.15, 0.2) is 0 Å². The van der Waals surface area contributed by atoms with Crippen LogP contribution in [0.1, 0.15) is 19.5 Å². The van der Waals surface area contributed by atoms with Crippen LogP contribution in [0, 0.1) is 5.82 Å². The first-order valence-corrected chi connectivity index (χ1v) is 8.35. The lowest BCUT2D eigenvalue weighted by Crippen LogP contribution is -2.25. The Labute approximate surface area is 150 Å². The highest BCUT2D eigenvalue weighted by Crippen LogP contribution is 2.44. The fraction of sp³-hybridized carbons (Fsp3) is 0.211. The van der Waals surface area contributed by atoms with Crippen molar-refractivity contribution in [1.82, 2.24) is 15.0 Å². The molecule has 25 heavy (non-hydrogen) atoms. The van der Waals surface area contributed by atoms with Gasteiger partial charge in [-0.2, -0.15) is 0 Å². The molecule has 0 spiro atoms. The number of hydrogen-bond acceptors (Lipinski definition) is 4. The fourth-order valence-electron chi connectivity index (χ4n) is 3.26. The predicted octanol–water partition coefficient (Wildman–Crippen LogP) is 4.76. The molecule has 0 saturated heterocycles. The summed E-state index contributed by atoms with van der Waals surface area (Å²) in [6, 6.07) is 10.5. The second-order valence-electron chi connectivity index (χ2n) is 6.73. The van der Waals surface area contributed by atoms with Crippen LogP contribution in [-0.2, 0) is 5.41 Å². The lowest BCUT2D eigenvalue weighted by atomic mass is 9.91. The Morgan fingerprint density at radius 1 is 1.16 bits per heavy atom. The second-order valence-corrected chi connectivity index (χ2v) is 7.06. The molecule has 1 aliphatic heterocycles. The van der Waals surface area contributed by atoms with E-state index in [2.05, 4.69) is 33.7 Å². The van der Waals surface area contributed by atoms with Crippen molar-refractivity contribution in [1.29, 1.82) is 0 Å². The van der Waals surface area contributed by atoms with Crippen molar-refractivity contribution in [3.05, 3.63) is 65.6 Å². The summed E-state index contributed by atoms with van der Waals surface area (Å²) in [6.45, 7) is 4.97. The number of hydrogen-bond donors (Lipinski definition) is 0. The van der Waals surface area contributed by atoms with Crippen LogP contribution in [0.5, 0.6) is 0 Å². The number of fused-ring (bicyclic) bond motifs is 1. The van der Waals surface area contributed by atoms with Gasteiger partial charge in [-0.1, -0.05) is 32.0 Å². The number of anilines is 2. The molecule has 0 aliphatic carbocycles. The van der Waals surface area contributed by atoms with Gasteiger partial charge >= 0.3 is 0 Å². The minimum atomic E-state index is -0.266. The summed E-state index contributed by atoms with van der Waals surface area (Å²) in [4.78, 5) is 15.0. The van der Waals surface area contributed by atoms with Crippen molar-refractivity contribution in [2.45, 2.75) is 19.3 Å². The molecule has 0 N–H and O–H groups in total. The molecule has 4 rings (SSSR count). The van der Waals surface area contributed by atoms with Crippen LogP contribution in [0.4, 0.5) is 15.9 Å². The Morgan fingerprint density at radius 2 is 1.96 bits per heavy atom. The third kappa shape index (κ3) is 2.74. The van der Waals surface area contributed by atoms with E-state index in [0.717, 1.165) is 16.9 Å². The maximum Gasteiger partial charge on any atom is 0.224 e. The first kappa shape index (κ1) is 16.0. The van der Waals surface area contributed by atoms with Gasteiger partial charge in [-0.25, -0.2) is 14.4 Å². The topological polar surface area (TPSA) is 41.9 Å². The molecule has 126 valence electrons. The van der Waals surface area contributed by atoms with E-state index >= 15 is 0 Å².